The fourth-order valence-corrected chi connectivity index (χ4v) is 5.06. The second kappa shape index (κ2) is 6.38. The van der Waals surface area contributed by atoms with E-state index in [2.05, 4.69) is 31.9 Å². The van der Waals surface area contributed by atoms with Gasteiger partial charge in [0.2, 0.25) is 9.39 Å². The van der Waals surface area contributed by atoms with Crippen LogP contribution in [0.15, 0.2) is 0 Å². The number of hydrogen-bond acceptors (Lipinski definition) is 2. The molecule has 0 atom stereocenters. The normalized spacial score (nSPS) is 25.8. The van der Waals surface area contributed by atoms with Gasteiger partial charge < -0.3 is 0 Å². The third kappa shape index (κ3) is 3.31. The summed E-state index contributed by atoms with van der Waals surface area (Å²) in [7, 11) is 0. The van der Waals surface area contributed by atoms with E-state index in [0.717, 1.165) is 57.8 Å². The maximum absolute atomic E-state index is 12.1. The molecule has 108 valence electrons. The zero-order valence-corrected chi connectivity index (χ0v) is 14.5. The molecule has 0 spiro atoms. The monoisotopic (exact) mass is 392 g/mol. The summed E-state index contributed by atoms with van der Waals surface area (Å²) in [6, 6.07) is 0. The van der Waals surface area contributed by atoms with E-state index in [1.165, 1.54) is 12.8 Å². The van der Waals surface area contributed by atoms with Crippen LogP contribution in [0.4, 0.5) is 0 Å². The molecule has 0 amide bonds. The van der Waals surface area contributed by atoms with Crippen LogP contribution in [0.3, 0.4) is 0 Å². The van der Waals surface area contributed by atoms with Crippen molar-refractivity contribution in [2.75, 3.05) is 0 Å². The summed E-state index contributed by atoms with van der Waals surface area (Å²) in [6.07, 6.45) is 11.4. The van der Waals surface area contributed by atoms with Crippen molar-refractivity contribution in [2.45, 2.75) is 70.6 Å². The molecular formula is C15H22Br2O2. The number of carbonyl (C=O) groups is 2. The lowest BCUT2D eigenvalue weighted by Crippen LogP contribution is -2.41. The van der Waals surface area contributed by atoms with Gasteiger partial charge in [-0.1, -0.05) is 38.5 Å². The molecule has 0 saturated heterocycles. The Kier molecular flexibility index (Phi) is 5.27. The third-order valence-electron chi connectivity index (χ3n) is 5.13. The van der Waals surface area contributed by atoms with Crippen molar-refractivity contribution in [1.29, 1.82) is 0 Å². The lowest BCUT2D eigenvalue weighted by molar-refractivity contribution is -0.129. The smallest absolute Gasteiger partial charge is 0.203 e. The quantitative estimate of drug-likeness (QED) is 0.621. The molecule has 0 bridgehead atoms. The molecule has 0 unspecified atom stereocenters. The summed E-state index contributed by atoms with van der Waals surface area (Å²) in [5.74, 6) is 0. The van der Waals surface area contributed by atoms with E-state index in [4.69, 9.17) is 0 Å². The first-order valence-corrected chi connectivity index (χ1v) is 8.99. The van der Waals surface area contributed by atoms with Gasteiger partial charge in [0.25, 0.3) is 0 Å². The van der Waals surface area contributed by atoms with E-state index in [0.29, 0.717) is 0 Å². The van der Waals surface area contributed by atoms with Gasteiger partial charge in [0.05, 0.1) is 0 Å². The maximum Gasteiger partial charge on any atom is 0.203 e. The average molecular weight is 394 g/mol. The van der Waals surface area contributed by atoms with Crippen LogP contribution in [0.1, 0.15) is 70.6 Å². The van der Waals surface area contributed by atoms with Crippen LogP contribution < -0.4 is 0 Å². The largest absolute Gasteiger partial charge is 0.286 e. The van der Waals surface area contributed by atoms with Gasteiger partial charge in [-0.2, -0.15) is 0 Å². The SMILES string of the molecule is O=C(Br)C1(CC2(C(=O)Br)CCCCC2)CCCCC1. The number of hydrogen-bond donors (Lipinski definition) is 0. The highest BCUT2D eigenvalue weighted by Crippen LogP contribution is 2.52. The van der Waals surface area contributed by atoms with E-state index in [1.54, 1.807) is 0 Å². The maximum atomic E-state index is 12.1. The Hall–Kier alpha value is 0.300. The second-order valence-electron chi connectivity index (χ2n) is 6.41. The fraction of sp³-hybridized carbons (Fsp3) is 0.867. The summed E-state index contributed by atoms with van der Waals surface area (Å²) in [5, 5.41) is 0. The van der Waals surface area contributed by atoms with Gasteiger partial charge in [-0.25, -0.2) is 0 Å². The lowest BCUT2D eigenvalue weighted by Gasteiger charge is -2.43. The van der Waals surface area contributed by atoms with Crippen LogP contribution in [-0.2, 0) is 9.59 Å². The molecule has 0 aromatic heterocycles. The second-order valence-corrected chi connectivity index (χ2v) is 7.85. The van der Waals surface area contributed by atoms with Gasteiger partial charge in [-0.3, -0.25) is 9.59 Å². The molecule has 2 rings (SSSR count). The summed E-state index contributed by atoms with van der Waals surface area (Å²) in [5.41, 5.74) is -0.585. The first-order chi connectivity index (χ1) is 9.01. The number of rotatable bonds is 4. The third-order valence-corrected chi connectivity index (χ3v) is 6.81. The van der Waals surface area contributed by atoms with E-state index >= 15 is 0 Å². The topological polar surface area (TPSA) is 34.1 Å². The highest BCUT2D eigenvalue weighted by molar-refractivity contribution is 9.18. The van der Waals surface area contributed by atoms with Crippen LogP contribution in [0.2, 0.25) is 0 Å². The van der Waals surface area contributed by atoms with E-state index < -0.39 is 0 Å². The first kappa shape index (κ1) is 15.7. The first-order valence-electron chi connectivity index (χ1n) is 7.41. The number of carbonyl (C=O) groups excluding carboxylic acids is 2. The molecule has 2 aliphatic carbocycles. The molecular weight excluding hydrogens is 372 g/mol. The Bertz CT molecular complexity index is 319. The molecule has 0 heterocycles. The minimum absolute atomic E-state index is 0.124. The minimum atomic E-state index is -0.293. The summed E-state index contributed by atoms with van der Waals surface area (Å²) in [6.45, 7) is 0. The van der Waals surface area contributed by atoms with Crippen molar-refractivity contribution < 1.29 is 9.59 Å². The Balaban J connectivity index is 2.22. The van der Waals surface area contributed by atoms with Crippen molar-refractivity contribution in [1.82, 2.24) is 0 Å². The summed E-state index contributed by atoms with van der Waals surface area (Å²) < 4.78 is 0.247. The number of halogens is 2. The lowest BCUT2D eigenvalue weighted by atomic mass is 9.61. The Morgan fingerprint density at radius 1 is 0.684 bits per heavy atom. The molecule has 0 radical (unpaired) electrons. The van der Waals surface area contributed by atoms with Crippen LogP contribution in [0.25, 0.3) is 0 Å². The predicted octanol–water partition coefficient (Wildman–Crippen LogP) is 5.12. The molecule has 2 saturated carbocycles. The highest BCUT2D eigenvalue weighted by Gasteiger charge is 2.48. The molecule has 0 aliphatic heterocycles. The summed E-state index contributed by atoms with van der Waals surface area (Å²) >= 11 is 6.46. The standard InChI is InChI=1S/C15H22Br2O2/c16-12(18)14(7-3-1-4-8-14)11-15(13(17)19)9-5-2-6-10-15/h1-11H2. The molecule has 4 heteroatoms. The predicted molar refractivity (Wildman–Crippen MR) is 83.5 cm³/mol. The molecule has 2 fully saturated rings. The van der Waals surface area contributed by atoms with Crippen LogP contribution in [0.5, 0.6) is 0 Å². The van der Waals surface area contributed by atoms with Gasteiger partial charge in [0.1, 0.15) is 0 Å². The molecule has 0 N–H and O–H groups in total. The van der Waals surface area contributed by atoms with E-state index in [1.807, 2.05) is 0 Å². The van der Waals surface area contributed by atoms with E-state index in [9.17, 15) is 9.59 Å². The van der Waals surface area contributed by atoms with Gasteiger partial charge in [0.15, 0.2) is 0 Å². The minimum Gasteiger partial charge on any atom is -0.286 e. The highest BCUT2D eigenvalue weighted by atomic mass is 79.9. The van der Waals surface area contributed by atoms with Crippen LogP contribution in [0, 0.1) is 10.8 Å². The zero-order chi connectivity index (χ0) is 13.9. The van der Waals surface area contributed by atoms with Crippen molar-refractivity contribution in [3.05, 3.63) is 0 Å². The van der Waals surface area contributed by atoms with Crippen LogP contribution >= 0.6 is 31.9 Å². The van der Waals surface area contributed by atoms with Crippen molar-refractivity contribution >= 4 is 41.2 Å². The summed E-state index contributed by atoms with van der Waals surface area (Å²) in [4.78, 5) is 24.3. The van der Waals surface area contributed by atoms with Crippen molar-refractivity contribution in [3.8, 4) is 0 Å². The Morgan fingerprint density at radius 2 is 1.00 bits per heavy atom. The van der Waals surface area contributed by atoms with Gasteiger partial charge >= 0.3 is 0 Å². The Labute approximate surface area is 132 Å². The molecule has 2 nitrogen and oxygen atoms in total. The van der Waals surface area contributed by atoms with E-state index in [-0.39, 0.29) is 20.2 Å². The Morgan fingerprint density at radius 3 is 1.26 bits per heavy atom. The average Bonchev–Trinajstić information content (AvgIpc) is 2.40. The molecule has 2 aliphatic rings. The molecule has 0 aromatic carbocycles. The fourth-order valence-electron chi connectivity index (χ4n) is 3.99. The zero-order valence-electron chi connectivity index (χ0n) is 11.4. The molecule has 0 aromatic rings. The van der Waals surface area contributed by atoms with Gasteiger partial charge in [-0.15, -0.1) is 0 Å². The molecule has 19 heavy (non-hydrogen) atoms. The van der Waals surface area contributed by atoms with Gasteiger partial charge in [-0.05, 0) is 64.0 Å². The van der Waals surface area contributed by atoms with Crippen LogP contribution in [-0.4, -0.2) is 9.39 Å². The van der Waals surface area contributed by atoms with Gasteiger partial charge in [0, 0.05) is 10.8 Å². The van der Waals surface area contributed by atoms with Crippen molar-refractivity contribution in [3.63, 3.8) is 0 Å². The van der Waals surface area contributed by atoms with Crippen molar-refractivity contribution in [2.24, 2.45) is 10.8 Å².